The van der Waals surface area contributed by atoms with E-state index in [0.717, 1.165) is 32.1 Å². The predicted octanol–water partition coefficient (Wildman–Crippen LogP) is 3.65. The number of carbonyl (C=O) groups is 1. The van der Waals surface area contributed by atoms with Crippen LogP contribution in [0, 0.1) is 11.3 Å². The molecule has 1 atom stereocenters. The van der Waals surface area contributed by atoms with Gasteiger partial charge in [-0.05, 0) is 37.1 Å². The van der Waals surface area contributed by atoms with Crippen LogP contribution in [-0.4, -0.2) is 11.9 Å². The molecular weight excluding hydrogens is 236 g/mol. The van der Waals surface area contributed by atoms with E-state index in [1.54, 1.807) is 24.3 Å². The van der Waals surface area contributed by atoms with Crippen LogP contribution in [0.3, 0.4) is 0 Å². The van der Waals surface area contributed by atoms with Crippen molar-refractivity contribution in [3.05, 3.63) is 35.4 Å². The molecule has 1 N–H and O–H groups in total. The summed E-state index contributed by atoms with van der Waals surface area (Å²) < 4.78 is 0. The highest BCUT2D eigenvalue weighted by Gasteiger charge is 2.12. The van der Waals surface area contributed by atoms with Crippen LogP contribution in [0.5, 0.6) is 0 Å². The zero-order chi connectivity index (χ0) is 14.1. The maximum absolute atomic E-state index is 12.1. The Balaban J connectivity index is 2.62. The Morgan fingerprint density at radius 1 is 1.21 bits per heavy atom. The molecule has 3 nitrogen and oxygen atoms in total. The Morgan fingerprint density at radius 3 is 2.42 bits per heavy atom. The zero-order valence-corrected chi connectivity index (χ0v) is 11.8. The van der Waals surface area contributed by atoms with Gasteiger partial charge in [0.2, 0.25) is 0 Å². The van der Waals surface area contributed by atoms with E-state index in [0.29, 0.717) is 11.1 Å². The minimum absolute atomic E-state index is 0.0426. The van der Waals surface area contributed by atoms with Crippen molar-refractivity contribution in [2.24, 2.45) is 0 Å². The van der Waals surface area contributed by atoms with Crippen LogP contribution in [0.1, 0.15) is 61.9 Å². The van der Waals surface area contributed by atoms with Gasteiger partial charge in [0, 0.05) is 11.6 Å². The highest BCUT2D eigenvalue weighted by atomic mass is 16.1. The maximum atomic E-state index is 12.1. The molecule has 0 saturated heterocycles. The van der Waals surface area contributed by atoms with E-state index in [2.05, 4.69) is 25.2 Å². The quantitative estimate of drug-likeness (QED) is 0.811. The molecule has 0 saturated carbocycles. The topological polar surface area (TPSA) is 52.9 Å². The summed E-state index contributed by atoms with van der Waals surface area (Å²) in [6.45, 7) is 4.29. The van der Waals surface area contributed by atoms with Gasteiger partial charge >= 0.3 is 0 Å². The maximum Gasteiger partial charge on any atom is 0.251 e. The van der Waals surface area contributed by atoms with Crippen LogP contribution in [0.4, 0.5) is 0 Å². The molecule has 1 unspecified atom stereocenters. The van der Waals surface area contributed by atoms with Gasteiger partial charge in [-0.15, -0.1) is 0 Å². The molecular formula is C16H22N2O. The average molecular weight is 258 g/mol. The van der Waals surface area contributed by atoms with Crippen molar-refractivity contribution < 1.29 is 4.79 Å². The highest BCUT2D eigenvalue weighted by molar-refractivity contribution is 5.94. The summed E-state index contributed by atoms with van der Waals surface area (Å²) in [4.78, 5) is 12.1. The number of nitrogens with zero attached hydrogens (tertiary/aromatic N) is 1. The van der Waals surface area contributed by atoms with E-state index >= 15 is 0 Å². The Morgan fingerprint density at radius 2 is 1.89 bits per heavy atom. The third-order valence-electron chi connectivity index (χ3n) is 3.15. The normalized spacial score (nSPS) is 11.6. The minimum atomic E-state index is -0.0426. The van der Waals surface area contributed by atoms with Crippen LogP contribution in [-0.2, 0) is 0 Å². The molecule has 0 aliphatic heterocycles. The molecule has 1 aromatic rings. The van der Waals surface area contributed by atoms with Gasteiger partial charge in [0.15, 0.2) is 0 Å². The lowest BCUT2D eigenvalue weighted by molar-refractivity contribution is 0.0932. The smallest absolute Gasteiger partial charge is 0.251 e. The Kier molecular flexibility index (Phi) is 6.67. The number of unbranched alkanes of at least 4 members (excludes halogenated alkanes) is 1. The van der Waals surface area contributed by atoms with Crippen molar-refractivity contribution >= 4 is 5.91 Å². The van der Waals surface area contributed by atoms with Crippen LogP contribution >= 0.6 is 0 Å². The lowest BCUT2D eigenvalue weighted by atomic mass is 10.0. The summed E-state index contributed by atoms with van der Waals surface area (Å²) in [5, 5.41) is 11.8. The Hall–Kier alpha value is -1.82. The van der Waals surface area contributed by atoms with Crippen molar-refractivity contribution in [3.8, 4) is 6.07 Å². The first kappa shape index (κ1) is 15.2. The fourth-order valence-electron chi connectivity index (χ4n) is 2.05. The summed E-state index contributed by atoms with van der Waals surface area (Å²) in [6.07, 6.45) is 5.40. The lowest BCUT2D eigenvalue weighted by Crippen LogP contribution is -2.34. The van der Waals surface area contributed by atoms with Crippen molar-refractivity contribution in [3.63, 3.8) is 0 Å². The summed E-state index contributed by atoms with van der Waals surface area (Å²) in [6, 6.07) is 9.07. The second kappa shape index (κ2) is 8.31. The van der Waals surface area contributed by atoms with Gasteiger partial charge in [-0.25, -0.2) is 0 Å². The molecule has 1 rings (SSSR count). The lowest BCUT2D eigenvalue weighted by Gasteiger charge is -2.17. The molecule has 1 amide bonds. The number of amides is 1. The van der Waals surface area contributed by atoms with Crippen molar-refractivity contribution in [1.29, 1.82) is 5.26 Å². The number of hydrogen-bond acceptors (Lipinski definition) is 2. The van der Waals surface area contributed by atoms with E-state index < -0.39 is 0 Å². The first-order valence-corrected chi connectivity index (χ1v) is 7.02. The van der Waals surface area contributed by atoms with Gasteiger partial charge < -0.3 is 5.32 Å². The van der Waals surface area contributed by atoms with Gasteiger partial charge in [0.05, 0.1) is 11.6 Å². The number of benzene rings is 1. The van der Waals surface area contributed by atoms with Crippen LogP contribution in [0.2, 0.25) is 0 Å². The summed E-state index contributed by atoms with van der Waals surface area (Å²) >= 11 is 0. The molecule has 0 aromatic heterocycles. The number of hydrogen-bond donors (Lipinski definition) is 1. The second-order valence-corrected chi connectivity index (χ2v) is 4.79. The average Bonchev–Trinajstić information content (AvgIpc) is 2.45. The highest BCUT2D eigenvalue weighted by Crippen LogP contribution is 2.09. The van der Waals surface area contributed by atoms with Gasteiger partial charge in [-0.1, -0.05) is 33.1 Å². The molecule has 0 bridgehead atoms. The van der Waals surface area contributed by atoms with E-state index in [-0.39, 0.29) is 11.9 Å². The fraction of sp³-hybridized carbons (Fsp3) is 0.500. The summed E-state index contributed by atoms with van der Waals surface area (Å²) in [7, 11) is 0. The van der Waals surface area contributed by atoms with Crippen LogP contribution < -0.4 is 5.32 Å². The van der Waals surface area contributed by atoms with Crippen LogP contribution in [0.25, 0.3) is 0 Å². The van der Waals surface area contributed by atoms with Gasteiger partial charge in [0.25, 0.3) is 5.91 Å². The molecule has 0 fully saturated rings. The first-order chi connectivity index (χ1) is 9.21. The van der Waals surface area contributed by atoms with Gasteiger partial charge in [-0.2, -0.15) is 5.26 Å². The Bertz CT molecular complexity index is 431. The zero-order valence-electron chi connectivity index (χ0n) is 11.8. The molecule has 0 aliphatic rings. The molecule has 0 spiro atoms. The van der Waals surface area contributed by atoms with Crippen LogP contribution in [0.15, 0.2) is 24.3 Å². The molecule has 102 valence electrons. The number of carbonyl (C=O) groups excluding carboxylic acids is 1. The molecule has 0 aliphatic carbocycles. The van der Waals surface area contributed by atoms with Gasteiger partial charge in [-0.3, -0.25) is 4.79 Å². The first-order valence-electron chi connectivity index (χ1n) is 7.02. The van der Waals surface area contributed by atoms with E-state index in [1.165, 1.54) is 0 Å². The monoisotopic (exact) mass is 258 g/mol. The minimum Gasteiger partial charge on any atom is -0.349 e. The molecule has 0 radical (unpaired) electrons. The third-order valence-corrected chi connectivity index (χ3v) is 3.15. The largest absolute Gasteiger partial charge is 0.349 e. The summed E-state index contributed by atoms with van der Waals surface area (Å²) in [5.41, 5.74) is 1.20. The SMILES string of the molecule is CCCCC(CCC)NC(=O)c1ccc(C#N)cc1. The number of nitrogens with one attached hydrogen (secondary N) is 1. The molecule has 1 aromatic carbocycles. The Labute approximate surface area is 115 Å². The molecule has 19 heavy (non-hydrogen) atoms. The molecule has 3 heteroatoms. The predicted molar refractivity (Wildman–Crippen MR) is 76.8 cm³/mol. The fourth-order valence-corrected chi connectivity index (χ4v) is 2.05. The van der Waals surface area contributed by atoms with Crippen molar-refractivity contribution in [2.75, 3.05) is 0 Å². The number of rotatable bonds is 7. The van der Waals surface area contributed by atoms with E-state index in [9.17, 15) is 4.79 Å². The second-order valence-electron chi connectivity index (χ2n) is 4.79. The number of nitriles is 1. The molecule has 0 heterocycles. The summed E-state index contributed by atoms with van der Waals surface area (Å²) in [5.74, 6) is -0.0426. The van der Waals surface area contributed by atoms with Crippen molar-refractivity contribution in [2.45, 2.75) is 52.0 Å². The standard InChI is InChI=1S/C16H22N2O/c1-3-5-7-15(6-4-2)18-16(19)14-10-8-13(12-17)9-11-14/h8-11,15H,3-7H2,1-2H3,(H,18,19). The van der Waals surface area contributed by atoms with E-state index in [1.807, 2.05) is 0 Å². The third kappa shape index (κ3) is 5.13. The van der Waals surface area contributed by atoms with Crippen molar-refractivity contribution in [1.82, 2.24) is 5.32 Å². The van der Waals surface area contributed by atoms with E-state index in [4.69, 9.17) is 5.26 Å². The van der Waals surface area contributed by atoms with Gasteiger partial charge in [0.1, 0.15) is 0 Å².